The quantitative estimate of drug-likeness (QED) is 0.847. The van der Waals surface area contributed by atoms with Gasteiger partial charge in [0, 0.05) is 11.8 Å². The molecule has 1 heterocycles. The predicted molar refractivity (Wildman–Crippen MR) is 84.0 cm³/mol. The number of hydrogen-bond acceptors (Lipinski definition) is 4. The lowest BCUT2D eigenvalue weighted by Gasteiger charge is -2.27. The highest BCUT2D eigenvalue weighted by atomic mass is 32.1. The van der Waals surface area contributed by atoms with Gasteiger partial charge in [-0.2, -0.15) is 0 Å². The molecule has 1 aromatic rings. The van der Waals surface area contributed by atoms with Crippen LogP contribution in [0.3, 0.4) is 0 Å². The van der Waals surface area contributed by atoms with Gasteiger partial charge in [-0.05, 0) is 11.8 Å². The standard InChI is InChI=1S/C15H23N3O2S/c1-10(11-5-3-2-4-6-11)7-14(20)18-15-17-12(9-21-15)8-13(16)19/h9-11H,2-8H2,1H3,(H2,16,19)(H,17,18,20). The fourth-order valence-electron chi connectivity index (χ4n) is 2.96. The van der Waals surface area contributed by atoms with Crippen molar-refractivity contribution in [2.45, 2.75) is 51.9 Å². The number of thiazole rings is 1. The largest absolute Gasteiger partial charge is 0.369 e. The predicted octanol–water partition coefficient (Wildman–Crippen LogP) is 2.72. The number of amides is 2. The Morgan fingerprint density at radius 2 is 2.14 bits per heavy atom. The monoisotopic (exact) mass is 309 g/mol. The van der Waals surface area contributed by atoms with Crippen molar-refractivity contribution in [3.63, 3.8) is 0 Å². The molecule has 1 aliphatic rings. The summed E-state index contributed by atoms with van der Waals surface area (Å²) in [6.07, 6.45) is 7.06. The number of nitrogens with one attached hydrogen (secondary N) is 1. The van der Waals surface area contributed by atoms with Gasteiger partial charge in [-0.1, -0.05) is 39.0 Å². The van der Waals surface area contributed by atoms with Gasteiger partial charge in [0.25, 0.3) is 0 Å². The summed E-state index contributed by atoms with van der Waals surface area (Å²) < 4.78 is 0. The van der Waals surface area contributed by atoms with Crippen LogP contribution >= 0.6 is 11.3 Å². The molecular formula is C15H23N3O2S. The van der Waals surface area contributed by atoms with E-state index in [0.717, 1.165) is 0 Å². The van der Waals surface area contributed by atoms with Crippen LogP contribution in [0.2, 0.25) is 0 Å². The molecular weight excluding hydrogens is 286 g/mol. The molecule has 0 radical (unpaired) electrons. The highest BCUT2D eigenvalue weighted by molar-refractivity contribution is 7.13. The second-order valence-corrected chi connectivity index (χ2v) is 6.77. The Kier molecular flexibility index (Phi) is 5.73. The Morgan fingerprint density at radius 3 is 2.81 bits per heavy atom. The molecule has 1 atom stereocenters. The van der Waals surface area contributed by atoms with Crippen molar-refractivity contribution in [2.75, 3.05) is 5.32 Å². The van der Waals surface area contributed by atoms with Crippen molar-refractivity contribution in [3.8, 4) is 0 Å². The van der Waals surface area contributed by atoms with E-state index in [9.17, 15) is 9.59 Å². The smallest absolute Gasteiger partial charge is 0.226 e. The molecule has 6 heteroatoms. The lowest BCUT2D eigenvalue weighted by Crippen LogP contribution is -2.22. The number of anilines is 1. The first-order chi connectivity index (χ1) is 10.0. The molecule has 0 aliphatic heterocycles. The lowest BCUT2D eigenvalue weighted by molar-refractivity contribution is -0.118. The molecule has 3 N–H and O–H groups in total. The van der Waals surface area contributed by atoms with Crippen molar-refractivity contribution >= 4 is 28.3 Å². The molecule has 1 aliphatic carbocycles. The van der Waals surface area contributed by atoms with Gasteiger partial charge in [0.2, 0.25) is 11.8 Å². The van der Waals surface area contributed by atoms with Crippen LogP contribution in [0.5, 0.6) is 0 Å². The number of nitrogens with two attached hydrogens (primary N) is 1. The molecule has 2 rings (SSSR count). The second-order valence-electron chi connectivity index (χ2n) is 5.91. The van der Waals surface area contributed by atoms with E-state index >= 15 is 0 Å². The number of primary amides is 1. The summed E-state index contributed by atoms with van der Waals surface area (Å²) in [4.78, 5) is 27.1. The van der Waals surface area contributed by atoms with Gasteiger partial charge in [0.05, 0.1) is 12.1 Å². The van der Waals surface area contributed by atoms with Crippen LogP contribution in [0.15, 0.2) is 5.38 Å². The van der Waals surface area contributed by atoms with E-state index in [2.05, 4.69) is 17.2 Å². The maximum Gasteiger partial charge on any atom is 0.226 e. The van der Waals surface area contributed by atoms with E-state index in [1.54, 1.807) is 5.38 Å². The van der Waals surface area contributed by atoms with Gasteiger partial charge >= 0.3 is 0 Å². The molecule has 0 aromatic carbocycles. The van der Waals surface area contributed by atoms with E-state index in [1.807, 2.05) is 0 Å². The average Bonchev–Trinajstić information content (AvgIpc) is 2.85. The molecule has 0 bridgehead atoms. The van der Waals surface area contributed by atoms with Gasteiger partial charge in [-0.15, -0.1) is 11.3 Å². The van der Waals surface area contributed by atoms with Crippen molar-refractivity contribution in [1.82, 2.24) is 4.98 Å². The molecule has 2 amide bonds. The van der Waals surface area contributed by atoms with Crippen LogP contribution in [-0.2, 0) is 16.0 Å². The molecule has 1 aromatic heterocycles. The highest BCUT2D eigenvalue weighted by Crippen LogP contribution is 2.31. The van der Waals surface area contributed by atoms with Crippen LogP contribution in [0.1, 0.15) is 51.1 Å². The van der Waals surface area contributed by atoms with Crippen molar-refractivity contribution in [1.29, 1.82) is 0 Å². The first-order valence-electron chi connectivity index (χ1n) is 7.57. The molecule has 0 spiro atoms. The molecule has 5 nitrogen and oxygen atoms in total. The van der Waals surface area contributed by atoms with Crippen LogP contribution in [-0.4, -0.2) is 16.8 Å². The summed E-state index contributed by atoms with van der Waals surface area (Å²) in [7, 11) is 0. The number of hydrogen-bond donors (Lipinski definition) is 2. The minimum absolute atomic E-state index is 0.00745. The van der Waals surface area contributed by atoms with E-state index in [1.165, 1.54) is 43.4 Å². The van der Waals surface area contributed by atoms with E-state index in [4.69, 9.17) is 5.73 Å². The van der Waals surface area contributed by atoms with E-state index in [-0.39, 0.29) is 12.3 Å². The van der Waals surface area contributed by atoms with Crippen LogP contribution in [0.4, 0.5) is 5.13 Å². The number of nitrogens with zero attached hydrogens (tertiary/aromatic N) is 1. The molecule has 1 saturated carbocycles. The zero-order chi connectivity index (χ0) is 15.2. The number of aromatic nitrogens is 1. The fraction of sp³-hybridized carbons (Fsp3) is 0.667. The summed E-state index contributed by atoms with van der Waals surface area (Å²) in [5, 5.41) is 5.13. The maximum atomic E-state index is 12.1. The summed E-state index contributed by atoms with van der Waals surface area (Å²) in [5.74, 6) is 0.679. The highest BCUT2D eigenvalue weighted by Gasteiger charge is 2.22. The Morgan fingerprint density at radius 1 is 1.43 bits per heavy atom. The van der Waals surface area contributed by atoms with Crippen LogP contribution in [0, 0.1) is 11.8 Å². The number of carbonyl (C=O) groups excluding carboxylic acids is 2. The summed E-state index contributed by atoms with van der Waals surface area (Å²) in [5.41, 5.74) is 5.74. The van der Waals surface area contributed by atoms with Crippen LogP contribution in [0.25, 0.3) is 0 Å². The van der Waals surface area contributed by atoms with Gasteiger partial charge in [-0.25, -0.2) is 4.98 Å². The van der Waals surface area contributed by atoms with Gasteiger partial charge in [0.1, 0.15) is 0 Å². The minimum Gasteiger partial charge on any atom is -0.369 e. The third-order valence-corrected chi connectivity index (χ3v) is 4.92. The molecule has 1 unspecified atom stereocenters. The van der Waals surface area contributed by atoms with Crippen LogP contribution < -0.4 is 11.1 Å². The fourth-order valence-corrected chi connectivity index (χ4v) is 3.68. The molecule has 1 fully saturated rings. The second kappa shape index (κ2) is 7.54. The van der Waals surface area contributed by atoms with E-state index < -0.39 is 5.91 Å². The third-order valence-electron chi connectivity index (χ3n) is 4.12. The average molecular weight is 309 g/mol. The van der Waals surface area contributed by atoms with Crippen molar-refractivity contribution < 1.29 is 9.59 Å². The van der Waals surface area contributed by atoms with Crippen molar-refractivity contribution in [3.05, 3.63) is 11.1 Å². The normalized spacial score (nSPS) is 17.4. The Bertz CT molecular complexity index is 495. The summed E-state index contributed by atoms with van der Waals surface area (Å²) in [6.45, 7) is 2.16. The Hall–Kier alpha value is -1.43. The molecule has 116 valence electrons. The first-order valence-corrected chi connectivity index (χ1v) is 8.45. The molecule has 0 saturated heterocycles. The SMILES string of the molecule is CC(CC(=O)Nc1nc(CC(N)=O)cs1)C1CCCCC1. The zero-order valence-corrected chi connectivity index (χ0v) is 13.2. The minimum atomic E-state index is -0.413. The topological polar surface area (TPSA) is 85.1 Å². The molecule has 21 heavy (non-hydrogen) atoms. The first kappa shape index (κ1) is 15.9. The summed E-state index contributed by atoms with van der Waals surface area (Å²) >= 11 is 1.33. The van der Waals surface area contributed by atoms with Gasteiger partial charge < -0.3 is 11.1 Å². The number of rotatable bonds is 6. The number of carbonyl (C=O) groups is 2. The van der Waals surface area contributed by atoms with E-state index in [0.29, 0.717) is 29.1 Å². The lowest BCUT2D eigenvalue weighted by atomic mass is 9.79. The summed E-state index contributed by atoms with van der Waals surface area (Å²) in [6, 6.07) is 0. The maximum absolute atomic E-state index is 12.1. The van der Waals surface area contributed by atoms with Crippen molar-refractivity contribution in [2.24, 2.45) is 17.6 Å². The zero-order valence-electron chi connectivity index (χ0n) is 12.4. The Labute approximate surface area is 129 Å². The van der Waals surface area contributed by atoms with Gasteiger partial charge in [0.15, 0.2) is 5.13 Å². The Balaban J connectivity index is 1.80. The van der Waals surface area contributed by atoms with Gasteiger partial charge in [-0.3, -0.25) is 9.59 Å². The third kappa shape index (κ3) is 5.12.